The summed E-state index contributed by atoms with van der Waals surface area (Å²) in [4.78, 5) is 24.6. The number of carbonyl (C=O) groups excluding carboxylic acids is 1. The second kappa shape index (κ2) is 4.90. The Morgan fingerprint density at radius 1 is 1.24 bits per heavy atom. The topological polar surface area (TPSA) is 57.6 Å². The van der Waals surface area contributed by atoms with E-state index in [0.29, 0.717) is 18.9 Å². The van der Waals surface area contributed by atoms with Gasteiger partial charge in [-0.2, -0.15) is 0 Å². The van der Waals surface area contributed by atoms with Crippen molar-refractivity contribution in [2.45, 2.75) is 45.1 Å². The molecule has 0 radical (unpaired) electrons. The van der Waals surface area contributed by atoms with Gasteiger partial charge in [-0.25, -0.2) is 4.79 Å². The van der Waals surface area contributed by atoms with Gasteiger partial charge < -0.3 is 10.0 Å². The standard InChI is InChI=1S/C13H19NO3/c1-9(10-5-6-10)8-12(15)14-7-3-2-4-11(14)13(16)17/h8,10-11H,2-7H2,1H3,(H,16,17)/b9-8-/t11-/m1/s1. The van der Waals surface area contributed by atoms with Gasteiger partial charge in [0, 0.05) is 12.6 Å². The van der Waals surface area contributed by atoms with Gasteiger partial charge in [-0.1, -0.05) is 5.57 Å². The molecule has 17 heavy (non-hydrogen) atoms. The van der Waals surface area contributed by atoms with Crippen LogP contribution in [0.4, 0.5) is 0 Å². The Bertz CT molecular complexity index is 358. The summed E-state index contributed by atoms with van der Waals surface area (Å²) in [5.41, 5.74) is 1.10. The summed E-state index contributed by atoms with van der Waals surface area (Å²) in [7, 11) is 0. The molecule has 0 unspecified atom stereocenters. The first-order valence-electron chi connectivity index (χ1n) is 6.31. The Labute approximate surface area is 101 Å². The lowest BCUT2D eigenvalue weighted by atomic mass is 10.0. The highest BCUT2D eigenvalue weighted by Crippen LogP contribution is 2.36. The second-order valence-electron chi connectivity index (χ2n) is 5.04. The van der Waals surface area contributed by atoms with Crippen LogP contribution in [0.5, 0.6) is 0 Å². The molecule has 4 nitrogen and oxygen atoms in total. The van der Waals surface area contributed by atoms with Crippen molar-refractivity contribution in [3.05, 3.63) is 11.6 Å². The van der Waals surface area contributed by atoms with E-state index in [-0.39, 0.29) is 5.91 Å². The number of hydrogen-bond donors (Lipinski definition) is 1. The SMILES string of the molecule is C/C(=C/C(=O)N1CCCC[C@@H]1C(=O)O)C1CC1. The number of carboxylic acids is 1. The zero-order chi connectivity index (χ0) is 12.4. The van der Waals surface area contributed by atoms with Crippen LogP contribution in [0.2, 0.25) is 0 Å². The van der Waals surface area contributed by atoms with Gasteiger partial charge in [-0.3, -0.25) is 4.79 Å². The summed E-state index contributed by atoms with van der Waals surface area (Å²) in [6, 6.07) is -0.625. The molecule has 2 fully saturated rings. The molecule has 0 aromatic heterocycles. The fraction of sp³-hybridized carbons (Fsp3) is 0.692. The molecule has 4 heteroatoms. The number of hydrogen-bond acceptors (Lipinski definition) is 2. The fourth-order valence-electron chi connectivity index (χ4n) is 2.39. The fourth-order valence-corrected chi connectivity index (χ4v) is 2.39. The highest BCUT2D eigenvalue weighted by atomic mass is 16.4. The number of carboxylic acid groups (broad SMARTS) is 1. The van der Waals surface area contributed by atoms with Gasteiger partial charge in [-0.15, -0.1) is 0 Å². The zero-order valence-electron chi connectivity index (χ0n) is 10.2. The smallest absolute Gasteiger partial charge is 0.326 e. The third-order valence-corrected chi connectivity index (χ3v) is 3.64. The minimum Gasteiger partial charge on any atom is -0.480 e. The summed E-state index contributed by atoms with van der Waals surface area (Å²) < 4.78 is 0. The molecular weight excluding hydrogens is 218 g/mol. The van der Waals surface area contributed by atoms with Crippen molar-refractivity contribution in [1.82, 2.24) is 4.90 Å². The molecule has 2 rings (SSSR count). The van der Waals surface area contributed by atoms with Crippen LogP contribution in [-0.2, 0) is 9.59 Å². The Kier molecular flexibility index (Phi) is 3.50. The average Bonchev–Trinajstić information content (AvgIpc) is 3.12. The lowest BCUT2D eigenvalue weighted by Crippen LogP contribution is -2.47. The quantitative estimate of drug-likeness (QED) is 0.761. The van der Waals surface area contributed by atoms with Crippen molar-refractivity contribution in [2.24, 2.45) is 5.92 Å². The summed E-state index contributed by atoms with van der Waals surface area (Å²) in [6.07, 6.45) is 6.35. The van der Waals surface area contributed by atoms with E-state index in [9.17, 15) is 9.59 Å². The van der Waals surface area contributed by atoms with E-state index >= 15 is 0 Å². The minimum atomic E-state index is -0.879. The predicted molar refractivity (Wildman–Crippen MR) is 63.5 cm³/mol. The first kappa shape index (κ1) is 12.1. The molecule has 0 aromatic rings. The van der Waals surface area contributed by atoms with Crippen molar-refractivity contribution in [2.75, 3.05) is 6.54 Å². The lowest BCUT2D eigenvalue weighted by molar-refractivity contribution is -0.150. The van der Waals surface area contributed by atoms with Crippen molar-refractivity contribution < 1.29 is 14.7 Å². The highest BCUT2D eigenvalue weighted by Gasteiger charge is 2.32. The summed E-state index contributed by atoms with van der Waals surface area (Å²) in [5.74, 6) is -0.441. The Hall–Kier alpha value is -1.32. The second-order valence-corrected chi connectivity index (χ2v) is 5.04. The van der Waals surface area contributed by atoms with Crippen LogP contribution in [-0.4, -0.2) is 34.5 Å². The summed E-state index contributed by atoms with van der Waals surface area (Å²) in [5, 5.41) is 9.10. The van der Waals surface area contributed by atoms with Crippen LogP contribution >= 0.6 is 0 Å². The minimum absolute atomic E-state index is 0.124. The molecule has 94 valence electrons. The van der Waals surface area contributed by atoms with E-state index in [0.717, 1.165) is 31.3 Å². The molecule has 1 atom stereocenters. The third-order valence-electron chi connectivity index (χ3n) is 3.64. The predicted octanol–water partition coefficient (Wildman–Crippen LogP) is 1.81. The number of amides is 1. The lowest BCUT2D eigenvalue weighted by Gasteiger charge is -2.32. The first-order valence-corrected chi connectivity index (χ1v) is 6.31. The summed E-state index contributed by atoms with van der Waals surface area (Å²) >= 11 is 0. The molecule has 1 aliphatic carbocycles. The summed E-state index contributed by atoms with van der Waals surface area (Å²) in [6.45, 7) is 2.54. The van der Waals surface area contributed by atoms with Gasteiger partial charge >= 0.3 is 5.97 Å². The Morgan fingerprint density at radius 2 is 1.94 bits per heavy atom. The monoisotopic (exact) mass is 237 g/mol. The van der Waals surface area contributed by atoms with E-state index in [1.54, 1.807) is 6.08 Å². The van der Waals surface area contributed by atoms with E-state index in [1.807, 2.05) is 6.92 Å². The van der Waals surface area contributed by atoms with Gasteiger partial charge in [-0.05, 0) is 44.9 Å². The van der Waals surface area contributed by atoms with E-state index < -0.39 is 12.0 Å². The molecule has 1 N–H and O–H groups in total. The van der Waals surface area contributed by atoms with Crippen LogP contribution in [0.3, 0.4) is 0 Å². The molecule has 1 saturated carbocycles. The van der Waals surface area contributed by atoms with E-state index in [4.69, 9.17) is 5.11 Å². The molecule has 0 aromatic carbocycles. The van der Waals surface area contributed by atoms with Gasteiger partial charge in [0.2, 0.25) is 5.91 Å². The number of likely N-dealkylation sites (tertiary alicyclic amines) is 1. The number of nitrogens with zero attached hydrogens (tertiary/aromatic N) is 1. The maximum absolute atomic E-state index is 12.0. The average molecular weight is 237 g/mol. The van der Waals surface area contributed by atoms with Crippen LogP contribution in [0.1, 0.15) is 39.0 Å². The number of rotatable bonds is 3. The molecule has 1 aliphatic heterocycles. The highest BCUT2D eigenvalue weighted by molar-refractivity contribution is 5.92. The molecule has 1 saturated heterocycles. The maximum atomic E-state index is 12.0. The molecule has 2 aliphatic rings. The molecular formula is C13H19NO3. The molecule has 1 amide bonds. The molecule has 1 heterocycles. The Morgan fingerprint density at radius 3 is 2.53 bits per heavy atom. The first-order chi connectivity index (χ1) is 8.09. The van der Waals surface area contributed by atoms with Crippen LogP contribution < -0.4 is 0 Å². The maximum Gasteiger partial charge on any atom is 0.326 e. The largest absolute Gasteiger partial charge is 0.480 e. The van der Waals surface area contributed by atoms with Crippen molar-refractivity contribution in [1.29, 1.82) is 0 Å². The van der Waals surface area contributed by atoms with E-state index in [1.165, 1.54) is 4.90 Å². The molecule has 0 spiro atoms. The molecule has 0 bridgehead atoms. The number of carbonyl (C=O) groups is 2. The van der Waals surface area contributed by atoms with Crippen LogP contribution in [0.15, 0.2) is 11.6 Å². The number of piperidine rings is 1. The van der Waals surface area contributed by atoms with Crippen molar-refractivity contribution >= 4 is 11.9 Å². The zero-order valence-corrected chi connectivity index (χ0v) is 10.2. The van der Waals surface area contributed by atoms with Crippen molar-refractivity contribution in [3.63, 3.8) is 0 Å². The van der Waals surface area contributed by atoms with Gasteiger partial charge in [0.05, 0.1) is 0 Å². The van der Waals surface area contributed by atoms with Crippen molar-refractivity contribution in [3.8, 4) is 0 Å². The number of aliphatic carboxylic acids is 1. The normalized spacial score (nSPS) is 25.8. The third kappa shape index (κ3) is 2.87. The van der Waals surface area contributed by atoms with Gasteiger partial charge in [0.15, 0.2) is 0 Å². The van der Waals surface area contributed by atoms with Crippen LogP contribution in [0, 0.1) is 5.92 Å². The van der Waals surface area contributed by atoms with Gasteiger partial charge in [0.1, 0.15) is 6.04 Å². The van der Waals surface area contributed by atoms with Crippen LogP contribution in [0.25, 0.3) is 0 Å². The van der Waals surface area contributed by atoms with E-state index in [2.05, 4.69) is 0 Å². The van der Waals surface area contributed by atoms with Gasteiger partial charge in [0.25, 0.3) is 0 Å². The number of allylic oxidation sites excluding steroid dienone is 1. The Balaban J connectivity index is 2.05.